The van der Waals surface area contributed by atoms with Gasteiger partial charge in [0.15, 0.2) is 0 Å². The highest BCUT2D eigenvalue weighted by Crippen LogP contribution is 2.36. The molecule has 0 fully saturated rings. The monoisotopic (exact) mass is 324 g/mol. The fourth-order valence-electron chi connectivity index (χ4n) is 2.84. The molecule has 120 valence electrons. The summed E-state index contributed by atoms with van der Waals surface area (Å²) in [5.41, 5.74) is 0. The van der Waals surface area contributed by atoms with Crippen LogP contribution in [0.15, 0.2) is 60.7 Å². The van der Waals surface area contributed by atoms with Crippen molar-refractivity contribution in [3.05, 3.63) is 60.7 Å². The van der Waals surface area contributed by atoms with Crippen LogP contribution in [0.1, 0.15) is 27.7 Å². The van der Waals surface area contributed by atoms with Crippen molar-refractivity contribution in [2.75, 3.05) is 0 Å². The van der Waals surface area contributed by atoms with Gasteiger partial charge in [-0.25, -0.2) is 0 Å². The Hall–Kier alpha value is -2.02. The molecule has 1 N–H and O–H groups in total. The second-order valence-electron chi connectivity index (χ2n) is 6.69. The highest BCUT2D eigenvalue weighted by Gasteiger charge is 2.52. The summed E-state index contributed by atoms with van der Waals surface area (Å²) in [4.78, 5) is 0. The van der Waals surface area contributed by atoms with Crippen LogP contribution in [0.4, 0.5) is 0 Å². The normalized spacial score (nSPS) is 12.9. The second kappa shape index (κ2) is 7.04. The van der Waals surface area contributed by atoms with Gasteiger partial charge in [0.2, 0.25) is 0 Å². The van der Waals surface area contributed by atoms with E-state index in [1.54, 1.807) is 6.92 Å². The summed E-state index contributed by atoms with van der Waals surface area (Å²) in [6.07, 6.45) is 2.09. The fraction of sp³-hybridized carbons (Fsp3) is 0.300. The molecule has 0 spiro atoms. The molecule has 0 saturated carbocycles. The van der Waals surface area contributed by atoms with Crippen LogP contribution in [0.5, 0.6) is 0 Å². The van der Waals surface area contributed by atoms with Crippen molar-refractivity contribution in [1.29, 1.82) is 0 Å². The number of aliphatic hydroxyl groups is 1. The summed E-state index contributed by atoms with van der Waals surface area (Å²) in [6.45, 7) is 8.23. The lowest BCUT2D eigenvalue weighted by Gasteiger charge is -2.40. The van der Waals surface area contributed by atoms with Crippen LogP contribution in [-0.4, -0.2) is 19.5 Å². The molecular weight excluding hydrogens is 300 g/mol. The van der Waals surface area contributed by atoms with Crippen LogP contribution in [0.2, 0.25) is 5.04 Å². The Morgan fingerprint density at radius 1 is 0.913 bits per heavy atom. The van der Waals surface area contributed by atoms with Crippen LogP contribution >= 0.6 is 0 Å². The van der Waals surface area contributed by atoms with Crippen molar-refractivity contribution in [1.82, 2.24) is 0 Å². The number of aliphatic hydroxyl groups excluding tert-OH is 1. The number of hydrogen-bond donors (Lipinski definition) is 1. The van der Waals surface area contributed by atoms with E-state index >= 15 is 0 Å². The molecule has 0 aliphatic rings. The molecule has 2 nitrogen and oxygen atoms in total. The minimum atomic E-state index is -2.60. The first-order valence-corrected chi connectivity index (χ1v) is 9.76. The Bertz CT molecular complexity index is 637. The maximum Gasteiger partial charge on any atom is 0.332 e. The van der Waals surface area contributed by atoms with Crippen LogP contribution in [-0.2, 0) is 4.43 Å². The van der Waals surface area contributed by atoms with Crippen LogP contribution in [0.25, 0.3) is 0 Å². The zero-order valence-electron chi connectivity index (χ0n) is 14.2. The molecule has 0 aliphatic heterocycles. The molecule has 0 bridgehead atoms. The predicted molar refractivity (Wildman–Crippen MR) is 98.2 cm³/mol. The minimum absolute atomic E-state index is 0.108. The quantitative estimate of drug-likeness (QED) is 0.695. The highest BCUT2D eigenvalue weighted by atomic mass is 28.4. The predicted octanol–water partition coefficient (Wildman–Crippen LogP) is 2.90. The first-order valence-electron chi connectivity index (χ1n) is 7.85. The summed E-state index contributed by atoms with van der Waals surface area (Å²) in [7, 11) is -2.60. The van der Waals surface area contributed by atoms with E-state index in [-0.39, 0.29) is 5.04 Å². The molecular formula is C20H24O2Si. The van der Waals surface area contributed by atoms with Gasteiger partial charge in [0.1, 0.15) is 6.10 Å². The summed E-state index contributed by atoms with van der Waals surface area (Å²) in [5, 5.41) is 11.7. The highest BCUT2D eigenvalue weighted by molar-refractivity contribution is 6.99. The zero-order chi connectivity index (χ0) is 16.9. The first kappa shape index (κ1) is 17.3. The molecule has 1 unspecified atom stereocenters. The molecule has 23 heavy (non-hydrogen) atoms. The molecule has 1 atom stereocenters. The smallest absolute Gasteiger partial charge is 0.332 e. The van der Waals surface area contributed by atoms with Crippen LogP contribution < -0.4 is 10.4 Å². The van der Waals surface area contributed by atoms with E-state index in [1.165, 1.54) is 10.4 Å². The summed E-state index contributed by atoms with van der Waals surface area (Å²) in [5.74, 6) is 2.73. The lowest BCUT2D eigenvalue weighted by atomic mass is 10.2. The Morgan fingerprint density at radius 3 is 1.70 bits per heavy atom. The van der Waals surface area contributed by atoms with Gasteiger partial charge in [-0.3, -0.25) is 0 Å². The Labute approximate surface area is 140 Å². The van der Waals surface area contributed by atoms with Gasteiger partial charge in [0, 0.05) is 5.04 Å². The third-order valence-corrected chi connectivity index (χ3v) is 8.70. The van der Waals surface area contributed by atoms with Crippen molar-refractivity contribution < 1.29 is 9.53 Å². The summed E-state index contributed by atoms with van der Waals surface area (Å²) < 4.78 is 6.29. The van der Waals surface area contributed by atoms with Crippen LogP contribution in [0, 0.1) is 12.0 Å². The van der Waals surface area contributed by atoms with Gasteiger partial charge in [-0.15, -0.1) is 0 Å². The summed E-state index contributed by atoms with van der Waals surface area (Å²) in [6, 6.07) is 20.7. The maximum absolute atomic E-state index is 9.45. The van der Waals surface area contributed by atoms with E-state index in [1.807, 2.05) is 36.4 Å². The van der Waals surface area contributed by atoms with Gasteiger partial charge in [0.25, 0.3) is 0 Å². The second-order valence-corrected chi connectivity index (χ2v) is 10.9. The summed E-state index contributed by atoms with van der Waals surface area (Å²) >= 11 is 0. The standard InChI is InChI=1S/C20H24O2Si/c1-17(21)15-16-22-23(20(2,3)4,18-11-7-5-8-12-18)19-13-9-6-10-14-19/h5-14,17,21H,1-4H3. The topological polar surface area (TPSA) is 29.5 Å². The van der Waals surface area contributed by atoms with Gasteiger partial charge in [-0.1, -0.05) is 81.4 Å². The average Bonchev–Trinajstić information content (AvgIpc) is 2.52. The molecule has 2 aromatic rings. The van der Waals surface area contributed by atoms with Crippen LogP contribution in [0.3, 0.4) is 0 Å². The lowest BCUT2D eigenvalue weighted by molar-refractivity contribution is 0.252. The minimum Gasteiger partial charge on any atom is -0.489 e. The lowest BCUT2D eigenvalue weighted by Crippen LogP contribution is -2.65. The number of benzene rings is 2. The molecule has 2 aromatic carbocycles. The molecule has 3 heteroatoms. The van der Waals surface area contributed by atoms with Gasteiger partial charge < -0.3 is 9.53 Å². The van der Waals surface area contributed by atoms with Crippen molar-refractivity contribution in [2.24, 2.45) is 0 Å². The average molecular weight is 324 g/mol. The van der Waals surface area contributed by atoms with E-state index < -0.39 is 14.4 Å². The van der Waals surface area contributed by atoms with E-state index in [0.29, 0.717) is 0 Å². The third-order valence-electron chi connectivity index (χ3n) is 3.89. The largest absolute Gasteiger partial charge is 0.489 e. The Kier molecular flexibility index (Phi) is 5.30. The molecule has 0 aliphatic carbocycles. The van der Waals surface area contributed by atoms with Gasteiger partial charge in [-0.05, 0) is 23.2 Å². The van der Waals surface area contributed by atoms with Gasteiger partial charge in [0.05, 0.1) is 6.11 Å². The van der Waals surface area contributed by atoms with Crippen molar-refractivity contribution in [2.45, 2.75) is 38.8 Å². The number of hydrogen-bond acceptors (Lipinski definition) is 2. The van der Waals surface area contributed by atoms with Crippen molar-refractivity contribution in [3.63, 3.8) is 0 Å². The van der Waals surface area contributed by atoms with Crippen molar-refractivity contribution in [3.8, 4) is 12.0 Å². The van der Waals surface area contributed by atoms with E-state index in [9.17, 15) is 5.11 Å². The molecule has 0 amide bonds. The van der Waals surface area contributed by atoms with E-state index in [0.717, 1.165) is 0 Å². The maximum atomic E-state index is 9.45. The third kappa shape index (κ3) is 3.66. The van der Waals surface area contributed by atoms with E-state index in [2.05, 4.69) is 57.1 Å². The first-order chi connectivity index (χ1) is 10.9. The molecule has 0 aromatic heterocycles. The Balaban J connectivity index is 2.68. The van der Waals surface area contributed by atoms with Crippen molar-refractivity contribution >= 4 is 18.7 Å². The SMILES string of the molecule is CC(O)C#CO[Si](c1ccccc1)(c1ccccc1)C(C)(C)C. The van der Waals surface area contributed by atoms with E-state index in [4.69, 9.17) is 4.43 Å². The number of rotatable bonds is 3. The molecule has 0 saturated heterocycles. The van der Waals surface area contributed by atoms with Gasteiger partial charge in [-0.2, -0.15) is 0 Å². The molecule has 0 heterocycles. The Morgan fingerprint density at radius 2 is 1.35 bits per heavy atom. The fourth-order valence-corrected chi connectivity index (χ4v) is 6.98. The zero-order valence-corrected chi connectivity index (χ0v) is 15.2. The molecule has 2 rings (SSSR count). The molecule has 0 radical (unpaired) electrons. The van der Waals surface area contributed by atoms with Gasteiger partial charge >= 0.3 is 8.32 Å².